The van der Waals surface area contributed by atoms with Gasteiger partial charge in [0, 0.05) is 27.2 Å². The van der Waals surface area contributed by atoms with Crippen molar-refractivity contribution >= 4 is 46.2 Å². The Balaban J connectivity index is 2.04. The molecule has 2 rings (SSSR count). The van der Waals surface area contributed by atoms with E-state index >= 15 is 0 Å². The van der Waals surface area contributed by atoms with Gasteiger partial charge >= 0.3 is 5.97 Å². The molecular weight excluding hydrogens is 293 g/mol. The topological polar surface area (TPSA) is 49.3 Å². The summed E-state index contributed by atoms with van der Waals surface area (Å²) in [4.78, 5) is 12.0. The van der Waals surface area contributed by atoms with Gasteiger partial charge < -0.3 is 10.4 Å². The van der Waals surface area contributed by atoms with Crippen molar-refractivity contribution in [1.29, 1.82) is 0 Å². The highest BCUT2D eigenvalue weighted by atomic mass is 35.5. The van der Waals surface area contributed by atoms with Crippen LogP contribution in [-0.4, -0.2) is 11.1 Å². The predicted octanol–water partition coefficient (Wildman–Crippen LogP) is 4.37. The van der Waals surface area contributed by atoms with Crippen LogP contribution in [0.2, 0.25) is 10.0 Å². The molecule has 0 radical (unpaired) electrons. The zero-order valence-corrected chi connectivity index (χ0v) is 11.4. The molecule has 2 aromatic rings. The number of benzene rings is 1. The summed E-state index contributed by atoms with van der Waals surface area (Å²) in [6, 6.07) is 8.56. The molecule has 0 aliphatic rings. The largest absolute Gasteiger partial charge is 0.477 e. The molecule has 0 aliphatic heterocycles. The second-order valence-corrected chi connectivity index (χ2v) is 5.62. The number of anilines is 1. The highest BCUT2D eigenvalue weighted by molar-refractivity contribution is 7.13. The fraction of sp³-hybridized carbons (Fsp3) is 0.0833. The first kappa shape index (κ1) is 13.2. The van der Waals surface area contributed by atoms with Crippen molar-refractivity contribution in [3.63, 3.8) is 0 Å². The Labute approximate surface area is 118 Å². The summed E-state index contributed by atoms with van der Waals surface area (Å²) >= 11 is 13.0. The van der Waals surface area contributed by atoms with Gasteiger partial charge in [-0.25, -0.2) is 4.79 Å². The van der Waals surface area contributed by atoms with Crippen LogP contribution < -0.4 is 5.32 Å². The molecule has 0 saturated carbocycles. The van der Waals surface area contributed by atoms with Gasteiger partial charge in [-0.05, 0) is 30.3 Å². The number of thiophene rings is 1. The van der Waals surface area contributed by atoms with Crippen LogP contribution in [0.15, 0.2) is 30.3 Å². The van der Waals surface area contributed by atoms with Gasteiger partial charge in [-0.3, -0.25) is 0 Å². The van der Waals surface area contributed by atoms with E-state index in [4.69, 9.17) is 28.3 Å². The standard InChI is InChI=1S/C12H9Cl2NO2S/c13-7-3-8(14)5-9(4-7)15-6-10-1-2-11(18-10)12(16)17/h1-5,15H,6H2,(H,16,17). The average Bonchev–Trinajstić information content (AvgIpc) is 2.73. The summed E-state index contributed by atoms with van der Waals surface area (Å²) in [7, 11) is 0. The number of hydrogen-bond acceptors (Lipinski definition) is 3. The fourth-order valence-electron chi connectivity index (χ4n) is 1.43. The van der Waals surface area contributed by atoms with Gasteiger partial charge in [0.2, 0.25) is 0 Å². The third-order valence-electron chi connectivity index (χ3n) is 2.20. The van der Waals surface area contributed by atoms with Crippen LogP contribution >= 0.6 is 34.5 Å². The second kappa shape index (κ2) is 5.61. The van der Waals surface area contributed by atoms with Crippen molar-refractivity contribution in [3.05, 3.63) is 50.1 Å². The van der Waals surface area contributed by atoms with Crippen molar-refractivity contribution in [1.82, 2.24) is 0 Å². The summed E-state index contributed by atoms with van der Waals surface area (Å²) < 4.78 is 0. The van der Waals surface area contributed by atoms with Gasteiger partial charge in [-0.1, -0.05) is 23.2 Å². The summed E-state index contributed by atoms with van der Waals surface area (Å²) in [5.74, 6) is -0.906. The van der Waals surface area contributed by atoms with Gasteiger partial charge in [0.1, 0.15) is 4.88 Å². The van der Waals surface area contributed by atoms with E-state index in [1.54, 1.807) is 30.3 Å². The van der Waals surface area contributed by atoms with Crippen LogP contribution in [-0.2, 0) is 6.54 Å². The Kier molecular flexibility index (Phi) is 4.11. The Morgan fingerprint density at radius 2 is 1.89 bits per heavy atom. The quantitative estimate of drug-likeness (QED) is 0.882. The minimum Gasteiger partial charge on any atom is -0.477 e. The molecule has 3 nitrogen and oxygen atoms in total. The number of aromatic carboxylic acids is 1. The van der Waals surface area contributed by atoms with Gasteiger partial charge in [-0.15, -0.1) is 11.3 Å². The maximum absolute atomic E-state index is 10.7. The zero-order chi connectivity index (χ0) is 13.1. The van der Waals surface area contributed by atoms with Crippen LogP contribution in [0.25, 0.3) is 0 Å². The molecule has 0 fully saturated rings. The lowest BCUT2D eigenvalue weighted by Crippen LogP contribution is -1.97. The average molecular weight is 302 g/mol. The van der Waals surface area contributed by atoms with E-state index in [2.05, 4.69) is 5.32 Å². The first-order valence-corrected chi connectivity index (χ1v) is 6.64. The number of carboxylic acid groups (broad SMARTS) is 1. The minimum atomic E-state index is -0.906. The summed E-state index contributed by atoms with van der Waals surface area (Å²) in [6.07, 6.45) is 0. The van der Waals surface area contributed by atoms with E-state index in [1.807, 2.05) is 0 Å². The molecular formula is C12H9Cl2NO2S. The molecule has 0 unspecified atom stereocenters. The summed E-state index contributed by atoms with van der Waals surface area (Å²) in [6.45, 7) is 0.536. The Bertz CT molecular complexity index is 563. The second-order valence-electron chi connectivity index (χ2n) is 3.58. The van der Waals surface area contributed by atoms with Crippen molar-refractivity contribution in [3.8, 4) is 0 Å². The van der Waals surface area contributed by atoms with Crippen molar-refractivity contribution in [2.24, 2.45) is 0 Å². The molecule has 6 heteroatoms. The van der Waals surface area contributed by atoms with E-state index in [-0.39, 0.29) is 0 Å². The first-order valence-electron chi connectivity index (χ1n) is 5.06. The van der Waals surface area contributed by atoms with Gasteiger partial charge in [0.25, 0.3) is 0 Å². The smallest absolute Gasteiger partial charge is 0.345 e. The van der Waals surface area contributed by atoms with Crippen LogP contribution in [0.4, 0.5) is 5.69 Å². The molecule has 0 spiro atoms. The number of carboxylic acids is 1. The third kappa shape index (κ3) is 3.38. The predicted molar refractivity (Wildman–Crippen MR) is 75.1 cm³/mol. The normalized spacial score (nSPS) is 10.3. The van der Waals surface area contributed by atoms with Gasteiger partial charge in [0.15, 0.2) is 0 Å². The molecule has 94 valence electrons. The van der Waals surface area contributed by atoms with E-state index in [9.17, 15) is 4.79 Å². The van der Waals surface area contributed by atoms with Crippen LogP contribution in [0, 0.1) is 0 Å². The molecule has 0 saturated heterocycles. The Morgan fingerprint density at radius 3 is 2.44 bits per heavy atom. The molecule has 0 aliphatic carbocycles. The Hall–Kier alpha value is -1.23. The minimum absolute atomic E-state index is 0.330. The van der Waals surface area contributed by atoms with E-state index < -0.39 is 5.97 Å². The Morgan fingerprint density at radius 1 is 1.22 bits per heavy atom. The number of carbonyl (C=O) groups is 1. The summed E-state index contributed by atoms with van der Waals surface area (Å²) in [5, 5.41) is 13.1. The van der Waals surface area contributed by atoms with Crippen LogP contribution in [0.3, 0.4) is 0 Å². The van der Waals surface area contributed by atoms with E-state index in [0.717, 1.165) is 10.6 Å². The number of halogens is 2. The maximum atomic E-state index is 10.7. The highest BCUT2D eigenvalue weighted by Crippen LogP contribution is 2.24. The molecule has 1 aromatic heterocycles. The molecule has 1 heterocycles. The molecule has 0 amide bonds. The number of nitrogens with one attached hydrogen (secondary N) is 1. The highest BCUT2D eigenvalue weighted by Gasteiger charge is 2.06. The number of hydrogen-bond donors (Lipinski definition) is 2. The van der Waals surface area contributed by atoms with Crippen molar-refractivity contribution in [2.45, 2.75) is 6.54 Å². The van der Waals surface area contributed by atoms with Crippen LogP contribution in [0.1, 0.15) is 14.5 Å². The summed E-state index contributed by atoms with van der Waals surface area (Å²) in [5.41, 5.74) is 0.803. The van der Waals surface area contributed by atoms with Crippen molar-refractivity contribution < 1.29 is 9.90 Å². The fourth-order valence-corrected chi connectivity index (χ4v) is 2.75. The number of rotatable bonds is 4. The van der Waals surface area contributed by atoms with Gasteiger partial charge in [-0.2, -0.15) is 0 Å². The lowest BCUT2D eigenvalue weighted by atomic mass is 10.3. The first-order chi connectivity index (χ1) is 8.54. The molecule has 18 heavy (non-hydrogen) atoms. The van der Waals surface area contributed by atoms with E-state index in [0.29, 0.717) is 21.5 Å². The maximum Gasteiger partial charge on any atom is 0.345 e. The SMILES string of the molecule is O=C(O)c1ccc(CNc2cc(Cl)cc(Cl)c2)s1. The monoisotopic (exact) mass is 301 g/mol. The molecule has 1 aromatic carbocycles. The lowest BCUT2D eigenvalue weighted by molar-refractivity contribution is 0.0702. The van der Waals surface area contributed by atoms with Crippen LogP contribution in [0.5, 0.6) is 0 Å². The third-order valence-corrected chi connectivity index (χ3v) is 3.71. The molecule has 2 N–H and O–H groups in total. The lowest BCUT2D eigenvalue weighted by Gasteiger charge is -2.05. The van der Waals surface area contributed by atoms with Crippen molar-refractivity contribution in [2.75, 3.05) is 5.32 Å². The van der Waals surface area contributed by atoms with Gasteiger partial charge in [0.05, 0.1) is 0 Å². The molecule has 0 atom stereocenters. The van der Waals surface area contributed by atoms with E-state index in [1.165, 1.54) is 11.3 Å². The molecule has 0 bridgehead atoms. The zero-order valence-electron chi connectivity index (χ0n) is 9.11.